The number of nitriles is 1. The molecule has 0 bridgehead atoms. The molecule has 5 aliphatic rings. The quantitative estimate of drug-likeness (QED) is 0.130. The molecule has 10 rings (SSSR count). The van der Waals surface area contributed by atoms with Crippen molar-refractivity contribution < 1.29 is 0 Å². The molecular formula is C53H48N6S. The average molecular weight is 801 g/mol. The minimum absolute atomic E-state index is 0.0833. The Kier molecular flexibility index (Phi) is 9.84. The lowest BCUT2D eigenvalue weighted by Crippen LogP contribution is -2.49. The molecule has 1 fully saturated rings. The van der Waals surface area contributed by atoms with Crippen molar-refractivity contribution in [2.24, 2.45) is 16.8 Å². The third-order valence-corrected chi connectivity index (χ3v) is 15.2. The summed E-state index contributed by atoms with van der Waals surface area (Å²) in [6.07, 6.45) is 24.5. The molecule has 4 aromatic carbocycles. The SMILES string of the molecule is C=CC=NC(=C)N1C/C=C\CCC(C)C2(c3ccccc3SC3C=C(c4ncnc(-c5cc(C#N)cc6c5-c5ccccc5C65CCCCC5)n4)C=CC32)c2ccccc21. The fourth-order valence-corrected chi connectivity index (χ4v) is 12.8. The van der Waals surface area contributed by atoms with Gasteiger partial charge in [0.15, 0.2) is 11.6 Å². The molecule has 6 nitrogen and oxygen atoms in total. The van der Waals surface area contributed by atoms with Crippen molar-refractivity contribution in [1.29, 1.82) is 5.26 Å². The summed E-state index contributed by atoms with van der Waals surface area (Å²) in [4.78, 5) is 23.2. The molecule has 2 aliphatic heterocycles. The smallest absolute Gasteiger partial charge is 0.164 e. The Labute approximate surface area is 358 Å². The standard InChI is InChI=1S/C53H48N6S/c1-4-28-55-36(3)59-29-16-5-7-17-35(2)53(42-20-10-12-22-46(42)59)43-21-11-13-23-47(43)60-48-32-38(24-25-44(48)53)50-56-34-57-51(58-50)40-30-37(33-54)31-45-49(40)39-18-8-9-19-41(39)52(45)26-14-6-15-27-52/h4-5,8-13,16,18-25,28,30-32,34-35,44,48H,1,3,6-7,14-15,17,26-27,29H2,2H3/b16-5-,55-28?. The van der Waals surface area contributed by atoms with Crippen LogP contribution in [0, 0.1) is 23.2 Å². The van der Waals surface area contributed by atoms with Crippen molar-refractivity contribution in [3.63, 3.8) is 0 Å². The number of anilines is 1. The van der Waals surface area contributed by atoms with Crippen LogP contribution in [0.4, 0.5) is 5.69 Å². The number of hydrogen-bond acceptors (Lipinski definition) is 7. The maximum absolute atomic E-state index is 10.4. The first-order valence-electron chi connectivity index (χ1n) is 21.4. The lowest BCUT2D eigenvalue weighted by Gasteiger charge is -2.53. The zero-order valence-electron chi connectivity index (χ0n) is 34.1. The van der Waals surface area contributed by atoms with E-state index >= 15 is 0 Å². The number of para-hydroxylation sites is 1. The summed E-state index contributed by atoms with van der Waals surface area (Å²) in [6, 6.07) is 33.4. The molecule has 60 heavy (non-hydrogen) atoms. The van der Waals surface area contributed by atoms with E-state index in [1.165, 1.54) is 57.5 Å². The molecule has 7 heteroatoms. The number of aliphatic imine (C=N–C) groups is 1. The largest absolute Gasteiger partial charge is 0.323 e. The second kappa shape index (κ2) is 15.5. The van der Waals surface area contributed by atoms with Crippen LogP contribution in [0.3, 0.4) is 0 Å². The van der Waals surface area contributed by atoms with Crippen molar-refractivity contribution in [3.8, 4) is 28.6 Å². The zero-order valence-corrected chi connectivity index (χ0v) is 34.9. The molecule has 1 saturated carbocycles. The lowest BCUT2D eigenvalue weighted by molar-refractivity contribution is 0.247. The van der Waals surface area contributed by atoms with E-state index in [2.05, 4.69) is 140 Å². The summed E-state index contributed by atoms with van der Waals surface area (Å²) in [7, 11) is 0. The van der Waals surface area contributed by atoms with E-state index in [0.29, 0.717) is 29.6 Å². The van der Waals surface area contributed by atoms with Gasteiger partial charge >= 0.3 is 0 Å². The summed E-state index contributed by atoms with van der Waals surface area (Å²) in [6.45, 7) is 11.4. The van der Waals surface area contributed by atoms with Gasteiger partial charge in [-0.3, -0.25) is 0 Å². The molecule has 0 saturated heterocycles. The highest BCUT2D eigenvalue weighted by Gasteiger charge is 2.54. The molecule has 5 aromatic rings. The monoisotopic (exact) mass is 800 g/mol. The van der Waals surface area contributed by atoms with Crippen LogP contribution in [0.1, 0.15) is 85.5 Å². The number of hydrogen-bond donors (Lipinski definition) is 0. The molecule has 3 heterocycles. The predicted octanol–water partition coefficient (Wildman–Crippen LogP) is 12.2. The van der Waals surface area contributed by atoms with Crippen LogP contribution in [0.15, 0.2) is 157 Å². The first-order chi connectivity index (χ1) is 29.5. The summed E-state index contributed by atoms with van der Waals surface area (Å²) < 4.78 is 0. The molecule has 2 spiro atoms. The third-order valence-electron chi connectivity index (χ3n) is 13.9. The molecule has 0 amide bonds. The van der Waals surface area contributed by atoms with Gasteiger partial charge in [0.25, 0.3) is 0 Å². The maximum atomic E-state index is 10.4. The van der Waals surface area contributed by atoms with Crippen LogP contribution in [0.5, 0.6) is 0 Å². The van der Waals surface area contributed by atoms with Crippen molar-refractivity contribution in [2.75, 3.05) is 11.4 Å². The second-order valence-electron chi connectivity index (χ2n) is 16.8. The molecular weight excluding hydrogens is 753 g/mol. The minimum atomic E-state index is -0.363. The first kappa shape index (κ1) is 38.1. The molecule has 1 aromatic heterocycles. The Hall–Kier alpha value is -6.10. The summed E-state index contributed by atoms with van der Waals surface area (Å²) in [5, 5.41) is 10.5. The van der Waals surface area contributed by atoms with Crippen LogP contribution < -0.4 is 4.90 Å². The highest BCUT2D eigenvalue weighted by Crippen LogP contribution is 2.61. The van der Waals surface area contributed by atoms with Gasteiger partial charge in [-0.25, -0.2) is 19.9 Å². The van der Waals surface area contributed by atoms with Gasteiger partial charge in [0, 0.05) is 56.5 Å². The van der Waals surface area contributed by atoms with E-state index < -0.39 is 0 Å². The van der Waals surface area contributed by atoms with Crippen molar-refractivity contribution in [1.82, 2.24) is 15.0 Å². The van der Waals surface area contributed by atoms with Crippen molar-refractivity contribution in [2.45, 2.75) is 72.8 Å². The Morgan fingerprint density at radius 3 is 2.50 bits per heavy atom. The van der Waals surface area contributed by atoms with E-state index in [1.54, 1.807) is 18.6 Å². The molecule has 0 radical (unpaired) electrons. The number of nitrogens with zero attached hydrogens (tertiary/aromatic N) is 6. The fourth-order valence-electron chi connectivity index (χ4n) is 11.3. The van der Waals surface area contributed by atoms with Crippen LogP contribution in [-0.4, -0.2) is 33.0 Å². The fraction of sp³-hybridized carbons (Fsp3) is 0.264. The van der Waals surface area contributed by atoms with Gasteiger partial charge < -0.3 is 4.90 Å². The number of benzene rings is 4. The predicted molar refractivity (Wildman–Crippen MR) is 246 cm³/mol. The van der Waals surface area contributed by atoms with E-state index in [0.717, 1.165) is 42.5 Å². The number of fused-ring (bicyclic) bond motifs is 11. The highest BCUT2D eigenvalue weighted by atomic mass is 32.2. The Balaban J connectivity index is 1.10. The van der Waals surface area contributed by atoms with E-state index in [1.807, 2.05) is 17.8 Å². The van der Waals surface area contributed by atoms with Crippen LogP contribution >= 0.6 is 11.8 Å². The molecule has 4 atom stereocenters. The summed E-state index contributed by atoms with van der Waals surface area (Å²) >= 11 is 1.94. The van der Waals surface area contributed by atoms with Gasteiger partial charge in [0.05, 0.1) is 11.6 Å². The Morgan fingerprint density at radius 2 is 1.67 bits per heavy atom. The minimum Gasteiger partial charge on any atom is -0.323 e. The molecule has 4 unspecified atom stereocenters. The van der Waals surface area contributed by atoms with Gasteiger partial charge in [0.2, 0.25) is 0 Å². The summed E-state index contributed by atoms with van der Waals surface area (Å²) in [5.41, 5.74) is 10.9. The van der Waals surface area contributed by atoms with Gasteiger partial charge in [-0.05, 0) is 89.2 Å². The number of allylic oxidation sites excluding steroid dienone is 5. The van der Waals surface area contributed by atoms with E-state index in [4.69, 9.17) is 19.9 Å². The topological polar surface area (TPSA) is 78.1 Å². The van der Waals surface area contributed by atoms with Crippen molar-refractivity contribution >= 4 is 29.2 Å². The second-order valence-corrected chi connectivity index (χ2v) is 18.1. The first-order valence-corrected chi connectivity index (χ1v) is 22.3. The van der Waals surface area contributed by atoms with Gasteiger partial charge in [0.1, 0.15) is 12.1 Å². The lowest BCUT2D eigenvalue weighted by atomic mass is 9.56. The molecule has 0 N–H and O–H groups in total. The number of rotatable bonds is 5. The van der Waals surface area contributed by atoms with Crippen LogP contribution in [-0.2, 0) is 10.8 Å². The Morgan fingerprint density at radius 1 is 0.900 bits per heavy atom. The zero-order chi connectivity index (χ0) is 40.8. The van der Waals surface area contributed by atoms with E-state index in [-0.39, 0.29) is 27.9 Å². The third kappa shape index (κ3) is 5.98. The van der Waals surface area contributed by atoms with Gasteiger partial charge in [-0.1, -0.05) is 136 Å². The highest BCUT2D eigenvalue weighted by molar-refractivity contribution is 8.00. The summed E-state index contributed by atoms with van der Waals surface area (Å²) in [5.74, 6) is 2.35. The van der Waals surface area contributed by atoms with Crippen LogP contribution in [0.25, 0.3) is 28.1 Å². The molecule has 3 aliphatic carbocycles. The van der Waals surface area contributed by atoms with Crippen molar-refractivity contribution in [3.05, 3.63) is 180 Å². The van der Waals surface area contributed by atoms with E-state index in [9.17, 15) is 5.26 Å². The number of thioether (sulfide) groups is 1. The number of aromatic nitrogens is 3. The Bertz CT molecular complexity index is 2710. The van der Waals surface area contributed by atoms with Crippen LogP contribution in [0.2, 0.25) is 0 Å². The average Bonchev–Trinajstić information content (AvgIpc) is 3.56. The normalized spacial score (nSPS) is 24.0. The van der Waals surface area contributed by atoms with Gasteiger partial charge in [-0.2, -0.15) is 5.26 Å². The maximum Gasteiger partial charge on any atom is 0.164 e. The molecule has 296 valence electrons. The van der Waals surface area contributed by atoms with Gasteiger partial charge in [-0.15, -0.1) is 11.8 Å².